The molecular weight excluding hydrogens is 384 g/mol. The third kappa shape index (κ3) is 4.09. The molecule has 7 nitrogen and oxygen atoms in total. The highest BCUT2D eigenvalue weighted by molar-refractivity contribution is 5.88. The van der Waals surface area contributed by atoms with Crippen molar-refractivity contribution >= 4 is 11.9 Å². The Hall–Kier alpha value is -2.38. The Kier molecular flexibility index (Phi) is 6.83. The first-order valence-electron chi connectivity index (χ1n) is 10.4. The van der Waals surface area contributed by atoms with Gasteiger partial charge < -0.3 is 9.47 Å². The van der Waals surface area contributed by atoms with Crippen molar-refractivity contribution in [1.29, 1.82) is 0 Å². The van der Waals surface area contributed by atoms with Gasteiger partial charge in [0.2, 0.25) is 5.91 Å². The lowest BCUT2D eigenvalue weighted by atomic mass is 9.77. The molecular formula is C23H32N2O5. The van der Waals surface area contributed by atoms with Crippen LogP contribution in [0.2, 0.25) is 0 Å². The molecule has 0 radical (unpaired) electrons. The number of ether oxygens (including phenoxy) is 2. The summed E-state index contributed by atoms with van der Waals surface area (Å²) in [7, 11) is 3.06. The third-order valence-corrected chi connectivity index (χ3v) is 6.43. The molecule has 1 aromatic carbocycles. The van der Waals surface area contributed by atoms with Crippen molar-refractivity contribution in [1.82, 2.24) is 9.96 Å². The molecule has 1 spiro atoms. The molecule has 2 heterocycles. The van der Waals surface area contributed by atoms with Gasteiger partial charge in [-0.15, -0.1) is 6.58 Å². The minimum atomic E-state index is -0.658. The van der Waals surface area contributed by atoms with E-state index in [0.29, 0.717) is 12.8 Å². The molecule has 1 aromatic rings. The number of rotatable bonds is 7. The standard InChI is InChI=1S/C23H32N2O5/c1-6-11-30-25-21(26)14-19(22(27)29-5)23(25)7-9-24(10-8-23)15-18-12-17(3)20(28-4)13-16(18)2/h6,12-13,19H,1,7-11,14-15H2,2-5H3. The largest absolute Gasteiger partial charge is 0.496 e. The fourth-order valence-electron chi connectivity index (χ4n) is 4.74. The summed E-state index contributed by atoms with van der Waals surface area (Å²) in [4.78, 5) is 33.2. The maximum absolute atomic E-state index is 12.6. The number of piperidine rings is 1. The normalized spacial score (nSPS) is 21.1. The Morgan fingerprint density at radius 1 is 1.23 bits per heavy atom. The van der Waals surface area contributed by atoms with E-state index >= 15 is 0 Å². The average Bonchev–Trinajstić information content (AvgIpc) is 3.01. The van der Waals surface area contributed by atoms with Crippen LogP contribution in [-0.2, 0) is 25.7 Å². The van der Waals surface area contributed by atoms with E-state index in [1.54, 1.807) is 13.2 Å². The van der Waals surface area contributed by atoms with Gasteiger partial charge in [0.05, 0.1) is 32.3 Å². The van der Waals surface area contributed by atoms with Crippen molar-refractivity contribution in [3.05, 3.63) is 41.5 Å². The molecule has 2 aliphatic heterocycles. The first kappa shape index (κ1) is 22.3. The van der Waals surface area contributed by atoms with Gasteiger partial charge in [0.25, 0.3) is 0 Å². The van der Waals surface area contributed by atoms with Crippen LogP contribution in [0.3, 0.4) is 0 Å². The maximum Gasteiger partial charge on any atom is 0.311 e. The summed E-state index contributed by atoms with van der Waals surface area (Å²) in [5.41, 5.74) is 2.91. The van der Waals surface area contributed by atoms with E-state index in [9.17, 15) is 9.59 Å². The zero-order valence-corrected chi connectivity index (χ0v) is 18.4. The average molecular weight is 417 g/mol. The molecule has 7 heteroatoms. The zero-order chi connectivity index (χ0) is 21.9. The summed E-state index contributed by atoms with van der Waals surface area (Å²) in [6.45, 7) is 10.4. The van der Waals surface area contributed by atoms with Gasteiger partial charge >= 0.3 is 5.97 Å². The molecule has 0 aliphatic carbocycles. The monoisotopic (exact) mass is 416 g/mol. The van der Waals surface area contributed by atoms with Gasteiger partial charge in [0, 0.05) is 26.1 Å². The van der Waals surface area contributed by atoms with Gasteiger partial charge in [-0.1, -0.05) is 12.1 Å². The Labute approximate surface area is 178 Å². The number of carbonyl (C=O) groups excluding carboxylic acids is 2. The molecule has 2 aliphatic rings. The van der Waals surface area contributed by atoms with Crippen LogP contribution in [0.4, 0.5) is 0 Å². The second-order valence-corrected chi connectivity index (χ2v) is 8.18. The number of hydroxylamine groups is 2. The Bertz CT molecular complexity index is 814. The summed E-state index contributed by atoms with van der Waals surface area (Å²) >= 11 is 0. The topological polar surface area (TPSA) is 68.3 Å². The molecule has 3 rings (SSSR count). The number of amides is 1. The highest BCUT2D eigenvalue weighted by atomic mass is 16.7. The van der Waals surface area contributed by atoms with Crippen LogP contribution in [0.15, 0.2) is 24.8 Å². The van der Waals surface area contributed by atoms with Crippen molar-refractivity contribution in [3.8, 4) is 5.75 Å². The molecule has 1 atom stereocenters. The van der Waals surface area contributed by atoms with Crippen molar-refractivity contribution < 1.29 is 23.9 Å². The second kappa shape index (κ2) is 9.18. The summed E-state index contributed by atoms with van der Waals surface area (Å²) in [5.74, 6) is -0.119. The smallest absolute Gasteiger partial charge is 0.311 e. The van der Waals surface area contributed by atoms with Gasteiger partial charge in [-0.25, -0.2) is 5.06 Å². The number of hydrogen-bond donors (Lipinski definition) is 0. The molecule has 164 valence electrons. The summed E-state index contributed by atoms with van der Waals surface area (Å²) in [5, 5.41) is 1.44. The van der Waals surface area contributed by atoms with Crippen LogP contribution in [0.5, 0.6) is 5.75 Å². The number of carbonyl (C=O) groups is 2. The number of esters is 1. The Morgan fingerprint density at radius 2 is 1.93 bits per heavy atom. The summed E-state index contributed by atoms with van der Waals surface area (Å²) in [6, 6.07) is 4.25. The molecule has 0 saturated carbocycles. The number of methoxy groups -OCH3 is 2. The zero-order valence-electron chi connectivity index (χ0n) is 18.4. The minimum Gasteiger partial charge on any atom is -0.496 e. The van der Waals surface area contributed by atoms with E-state index in [2.05, 4.69) is 30.5 Å². The van der Waals surface area contributed by atoms with Crippen LogP contribution in [0.25, 0.3) is 0 Å². The number of aryl methyl sites for hydroxylation is 2. The van der Waals surface area contributed by atoms with Crippen LogP contribution >= 0.6 is 0 Å². The lowest BCUT2D eigenvalue weighted by Crippen LogP contribution is -2.57. The number of hydrogen-bond acceptors (Lipinski definition) is 6. The van der Waals surface area contributed by atoms with Gasteiger partial charge in [-0.05, 0) is 49.4 Å². The Morgan fingerprint density at radius 3 is 2.53 bits per heavy atom. The minimum absolute atomic E-state index is 0.126. The molecule has 2 fully saturated rings. The van der Waals surface area contributed by atoms with Gasteiger partial charge in [0.1, 0.15) is 5.75 Å². The van der Waals surface area contributed by atoms with Crippen LogP contribution in [-0.4, -0.2) is 61.3 Å². The van der Waals surface area contributed by atoms with Crippen LogP contribution in [0.1, 0.15) is 36.0 Å². The number of nitrogens with zero attached hydrogens (tertiary/aromatic N) is 2. The predicted molar refractivity (Wildman–Crippen MR) is 113 cm³/mol. The van der Waals surface area contributed by atoms with E-state index < -0.39 is 11.5 Å². The number of benzene rings is 1. The molecule has 30 heavy (non-hydrogen) atoms. The third-order valence-electron chi connectivity index (χ3n) is 6.43. The van der Waals surface area contributed by atoms with Crippen molar-refractivity contribution in [2.24, 2.45) is 5.92 Å². The summed E-state index contributed by atoms with van der Waals surface area (Å²) in [6.07, 6.45) is 3.05. The highest BCUT2D eigenvalue weighted by Crippen LogP contribution is 2.44. The molecule has 2 saturated heterocycles. The Balaban J connectivity index is 1.76. The fraction of sp³-hybridized carbons (Fsp3) is 0.565. The first-order chi connectivity index (χ1) is 14.4. The lowest BCUT2D eigenvalue weighted by Gasteiger charge is -2.45. The molecule has 0 aromatic heterocycles. The van der Waals surface area contributed by atoms with E-state index in [1.807, 2.05) is 6.92 Å². The molecule has 1 amide bonds. The van der Waals surface area contributed by atoms with E-state index in [-0.39, 0.29) is 24.9 Å². The molecule has 1 unspecified atom stereocenters. The molecule has 0 N–H and O–H groups in total. The maximum atomic E-state index is 12.6. The van der Waals surface area contributed by atoms with Gasteiger partial charge in [-0.3, -0.25) is 19.3 Å². The van der Waals surface area contributed by atoms with E-state index in [0.717, 1.165) is 30.9 Å². The molecule has 0 bridgehead atoms. The number of likely N-dealkylation sites (tertiary alicyclic amines) is 1. The first-order valence-corrected chi connectivity index (χ1v) is 10.4. The highest BCUT2D eigenvalue weighted by Gasteiger charge is 2.58. The van der Waals surface area contributed by atoms with Crippen LogP contribution in [0, 0.1) is 19.8 Å². The summed E-state index contributed by atoms with van der Waals surface area (Å²) < 4.78 is 10.4. The van der Waals surface area contributed by atoms with Crippen LogP contribution < -0.4 is 4.74 Å². The second-order valence-electron chi connectivity index (χ2n) is 8.18. The van der Waals surface area contributed by atoms with Crippen molar-refractivity contribution in [2.45, 2.75) is 45.2 Å². The lowest BCUT2D eigenvalue weighted by molar-refractivity contribution is -0.218. The predicted octanol–water partition coefficient (Wildman–Crippen LogP) is 2.79. The fourth-order valence-corrected chi connectivity index (χ4v) is 4.74. The van der Waals surface area contributed by atoms with E-state index in [1.165, 1.54) is 23.3 Å². The van der Waals surface area contributed by atoms with Gasteiger partial charge in [0.15, 0.2) is 0 Å². The van der Waals surface area contributed by atoms with Crippen molar-refractivity contribution in [3.63, 3.8) is 0 Å². The quantitative estimate of drug-likeness (QED) is 0.503. The van der Waals surface area contributed by atoms with E-state index in [4.69, 9.17) is 14.3 Å². The SMILES string of the molecule is C=CCON1C(=O)CC(C(=O)OC)C12CCN(Cc1cc(C)c(OC)cc1C)CC2. The van der Waals surface area contributed by atoms with Crippen molar-refractivity contribution in [2.75, 3.05) is 33.9 Å². The van der Waals surface area contributed by atoms with Gasteiger partial charge in [-0.2, -0.15) is 0 Å².